The van der Waals surface area contributed by atoms with Gasteiger partial charge in [0.15, 0.2) is 11.7 Å². The molecule has 2 amide bonds. The molecule has 2 aliphatic heterocycles. The van der Waals surface area contributed by atoms with Crippen LogP contribution in [0.2, 0.25) is 0 Å². The second kappa shape index (κ2) is 8.04. The summed E-state index contributed by atoms with van der Waals surface area (Å²) in [7, 11) is 0. The third-order valence-electron chi connectivity index (χ3n) is 5.45. The third kappa shape index (κ3) is 3.68. The molecular formula is C20H18N6O5S. The fourth-order valence-electron chi connectivity index (χ4n) is 3.75. The maximum absolute atomic E-state index is 12.9. The molecule has 0 bridgehead atoms. The van der Waals surface area contributed by atoms with Crippen LogP contribution >= 0.6 is 11.3 Å². The summed E-state index contributed by atoms with van der Waals surface area (Å²) in [5.74, 6) is -0.285. The number of anilines is 2. The second-order valence-electron chi connectivity index (χ2n) is 7.37. The van der Waals surface area contributed by atoms with Gasteiger partial charge in [-0.1, -0.05) is 11.3 Å². The molecule has 0 saturated carbocycles. The van der Waals surface area contributed by atoms with Gasteiger partial charge >= 0.3 is 0 Å². The first-order valence-electron chi connectivity index (χ1n) is 9.95. The van der Waals surface area contributed by atoms with Crippen molar-refractivity contribution in [1.29, 1.82) is 0 Å². The molecule has 5 rings (SSSR count). The minimum Gasteiger partial charge on any atom is -0.482 e. The summed E-state index contributed by atoms with van der Waals surface area (Å²) in [5.41, 5.74) is 0.924. The van der Waals surface area contributed by atoms with Gasteiger partial charge in [-0.2, -0.15) is 0 Å². The number of non-ortho nitro benzene ring substituents is 1. The highest BCUT2D eigenvalue weighted by atomic mass is 32.1. The predicted molar refractivity (Wildman–Crippen MR) is 117 cm³/mol. The average Bonchev–Trinajstić information content (AvgIpc) is 3.25. The van der Waals surface area contributed by atoms with Crippen molar-refractivity contribution in [2.75, 3.05) is 49.1 Å². The Bertz CT molecular complexity index is 1190. The highest BCUT2D eigenvalue weighted by Gasteiger charge is 2.31. The quantitative estimate of drug-likeness (QED) is 0.431. The minimum atomic E-state index is -0.545. The van der Waals surface area contributed by atoms with Crippen molar-refractivity contribution in [2.24, 2.45) is 0 Å². The summed E-state index contributed by atoms with van der Waals surface area (Å²) >= 11 is 1.52. The number of thiazole rings is 1. The first kappa shape index (κ1) is 20.1. The van der Waals surface area contributed by atoms with E-state index in [0.29, 0.717) is 31.9 Å². The lowest BCUT2D eigenvalue weighted by molar-refractivity contribution is -0.384. The Morgan fingerprint density at radius 2 is 2.03 bits per heavy atom. The summed E-state index contributed by atoms with van der Waals surface area (Å²) in [5, 5.41) is 12.0. The van der Waals surface area contributed by atoms with E-state index in [9.17, 15) is 19.7 Å². The van der Waals surface area contributed by atoms with Crippen LogP contribution in [0.1, 0.15) is 0 Å². The van der Waals surface area contributed by atoms with Crippen molar-refractivity contribution in [1.82, 2.24) is 14.9 Å². The molecule has 0 aliphatic carbocycles. The van der Waals surface area contributed by atoms with Crippen LogP contribution in [0.3, 0.4) is 0 Å². The smallest absolute Gasteiger partial charge is 0.271 e. The number of ether oxygens (including phenoxy) is 1. The van der Waals surface area contributed by atoms with E-state index in [1.165, 1.54) is 34.4 Å². The number of hydrogen-bond acceptors (Lipinski definition) is 9. The first-order valence-corrected chi connectivity index (χ1v) is 10.8. The molecule has 32 heavy (non-hydrogen) atoms. The lowest BCUT2D eigenvalue weighted by Crippen LogP contribution is -2.53. The van der Waals surface area contributed by atoms with Gasteiger partial charge in [0.05, 0.1) is 10.6 Å². The topological polar surface area (TPSA) is 122 Å². The van der Waals surface area contributed by atoms with Gasteiger partial charge in [0.25, 0.3) is 11.6 Å². The number of aromatic nitrogens is 2. The van der Waals surface area contributed by atoms with Gasteiger partial charge in [-0.25, -0.2) is 9.97 Å². The number of nitrogens with zero attached hydrogens (tertiary/aromatic N) is 6. The van der Waals surface area contributed by atoms with Crippen molar-refractivity contribution in [3.63, 3.8) is 0 Å². The van der Waals surface area contributed by atoms with E-state index < -0.39 is 10.8 Å². The average molecular weight is 454 g/mol. The van der Waals surface area contributed by atoms with Crippen molar-refractivity contribution < 1.29 is 19.2 Å². The van der Waals surface area contributed by atoms with Crippen LogP contribution in [0.25, 0.3) is 10.3 Å². The van der Waals surface area contributed by atoms with E-state index in [1.807, 2.05) is 12.1 Å². The lowest BCUT2D eigenvalue weighted by Gasteiger charge is -2.36. The maximum Gasteiger partial charge on any atom is 0.271 e. The molecular weight excluding hydrogens is 436 g/mol. The van der Waals surface area contributed by atoms with E-state index in [0.717, 1.165) is 15.5 Å². The van der Waals surface area contributed by atoms with Crippen LogP contribution in [0, 0.1) is 10.1 Å². The molecule has 11 nitrogen and oxygen atoms in total. The third-order valence-corrected chi connectivity index (χ3v) is 6.49. The molecule has 1 aromatic carbocycles. The second-order valence-corrected chi connectivity index (χ2v) is 8.33. The monoisotopic (exact) mass is 454 g/mol. The van der Waals surface area contributed by atoms with E-state index >= 15 is 0 Å². The number of benzene rings is 1. The van der Waals surface area contributed by atoms with Gasteiger partial charge in [0.2, 0.25) is 5.91 Å². The Morgan fingerprint density at radius 3 is 2.78 bits per heavy atom. The minimum absolute atomic E-state index is 0.168. The highest BCUT2D eigenvalue weighted by Crippen LogP contribution is 2.35. The number of nitro groups is 1. The van der Waals surface area contributed by atoms with Crippen molar-refractivity contribution in [3.05, 3.63) is 46.6 Å². The zero-order chi connectivity index (χ0) is 22.2. The molecule has 12 heteroatoms. The molecule has 0 spiro atoms. The van der Waals surface area contributed by atoms with Gasteiger partial charge in [0.1, 0.15) is 22.6 Å². The molecule has 2 aliphatic rings. The number of rotatable bonds is 4. The van der Waals surface area contributed by atoms with E-state index in [1.54, 1.807) is 11.1 Å². The largest absolute Gasteiger partial charge is 0.482 e. The van der Waals surface area contributed by atoms with Crippen LogP contribution < -0.4 is 14.5 Å². The highest BCUT2D eigenvalue weighted by molar-refractivity contribution is 7.21. The predicted octanol–water partition coefficient (Wildman–Crippen LogP) is 1.67. The number of nitro benzene ring substituents is 1. The molecule has 0 unspecified atom stereocenters. The van der Waals surface area contributed by atoms with E-state index in [-0.39, 0.29) is 30.4 Å². The molecule has 4 heterocycles. The van der Waals surface area contributed by atoms with Crippen LogP contribution in [0.5, 0.6) is 5.75 Å². The molecule has 1 saturated heterocycles. The number of piperazine rings is 1. The molecule has 2 aromatic heterocycles. The van der Waals surface area contributed by atoms with Crippen LogP contribution in [0.4, 0.5) is 16.5 Å². The van der Waals surface area contributed by atoms with Crippen molar-refractivity contribution >= 4 is 50.0 Å². The van der Waals surface area contributed by atoms with Gasteiger partial charge in [0, 0.05) is 44.5 Å². The Morgan fingerprint density at radius 1 is 1.22 bits per heavy atom. The molecule has 3 aromatic rings. The number of pyridine rings is 1. The number of amides is 2. The van der Waals surface area contributed by atoms with Gasteiger partial charge in [-0.15, -0.1) is 0 Å². The number of carbonyl (C=O) groups excluding carboxylic acids is 2. The summed E-state index contributed by atoms with van der Waals surface area (Å²) < 4.78 is 5.36. The fraction of sp³-hybridized carbons (Fsp3) is 0.300. The Balaban J connectivity index is 1.27. The van der Waals surface area contributed by atoms with Crippen molar-refractivity contribution in [2.45, 2.75) is 0 Å². The Hall–Kier alpha value is -3.80. The van der Waals surface area contributed by atoms with Gasteiger partial charge in [-0.3, -0.25) is 24.6 Å². The number of fused-ring (bicyclic) bond motifs is 2. The van der Waals surface area contributed by atoms with Crippen LogP contribution in [-0.4, -0.2) is 70.9 Å². The van der Waals surface area contributed by atoms with E-state index in [2.05, 4.69) is 14.9 Å². The summed E-state index contributed by atoms with van der Waals surface area (Å²) in [6.07, 6.45) is 1.74. The zero-order valence-electron chi connectivity index (χ0n) is 16.8. The number of carbonyl (C=O) groups is 2. The summed E-state index contributed by atoms with van der Waals surface area (Å²) in [6.45, 7) is 1.80. The Kier molecular flexibility index (Phi) is 5.05. The molecule has 0 atom stereocenters. The van der Waals surface area contributed by atoms with Gasteiger partial charge in [-0.05, 0) is 18.2 Å². The fourth-order valence-corrected chi connectivity index (χ4v) is 4.71. The van der Waals surface area contributed by atoms with Crippen molar-refractivity contribution in [3.8, 4) is 5.75 Å². The van der Waals surface area contributed by atoms with Crippen LogP contribution in [0.15, 0.2) is 36.5 Å². The Labute approximate surface area is 186 Å². The number of hydrogen-bond donors (Lipinski definition) is 0. The van der Waals surface area contributed by atoms with Crippen LogP contribution in [-0.2, 0) is 9.59 Å². The molecule has 1 fully saturated rings. The normalized spacial score (nSPS) is 16.1. The zero-order valence-corrected chi connectivity index (χ0v) is 17.7. The SMILES string of the molecule is O=C(CN1C(=O)COc2ccc([N+](=O)[O-])cc21)N1CCN(c2nc3cccnc3s2)CC1. The standard InChI is InChI=1S/C20H18N6O5S/c27-17(11-25-15-10-13(26(29)30)3-4-16(15)31-12-18(25)28)23-6-8-24(9-7-23)20-22-14-2-1-5-21-19(14)32-20/h1-5,10H,6-9,11-12H2. The first-order chi connectivity index (χ1) is 15.5. The summed E-state index contributed by atoms with van der Waals surface area (Å²) in [4.78, 5) is 50.8. The molecule has 0 N–H and O–H groups in total. The molecule has 0 radical (unpaired) electrons. The summed E-state index contributed by atoms with van der Waals surface area (Å²) in [6, 6.07) is 7.79. The van der Waals surface area contributed by atoms with E-state index in [4.69, 9.17) is 4.74 Å². The van der Waals surface area contributed by atoms with Gasteiger partial charge < -0.3 is 14.5 Å². The maximum atomic E-state index is 12.9. The lowest BCUT2D eigenvalue weighted by atomic mass is 10.2. The molecule has 164 valence electrons.